The lowest BCUT2D eigenvalue weighted by Crippen LogP contribution is -2.49. The van der Waals surface area contributed by atoms with Crippen LogP contribution in [0.2, 0.25) is 5.02 Å². The number of hydrogen-bond acceptors (Lipinski definition) is 6. The van der Waals surface area contributed by atoms with E-state index in [-0.39, 0.29) is 35.2 Å². The summed E-state index contributed by atoms with van der Waals surface area (Å²) >= 11 is 5.97. The van der Waals surface area contributed by atoms with E-state index in [0.717, 1.165) is 0 Å². The molecule has 0 unspecified atom stereocenters. The number of nitrogens with one attached hydrogen (secondary N) is 1. The van der Waals surface area contributed by atoms with Gasteiger partial charge in [-0.1, -0.05) is 11.6 Å². The van der Waals surface area contributed by atoms with E-state index in [9.17, 15) is 28.7 Å². The minimum absolute atomic E-state index is 0.0263. The van der Waals surface area contributed by atoms with Crippen LogP contribution in [-0.4, -0.2) is 73.6 Å². The number of aliphatic hydroxyl groups is 1. The largest absolute Gasteiger partial charge is 0.388 e. The van der Waals surface area contributed by atoms with E-state index in [0.29, 0.717) is 67.7 Å². The van der Waals surface area contributed by atoms with Crippen LogP contribution in [0.1, 0.15) is 53.0 Å². The molecule has 208 valence electrons. The molecule has 12 heteroatoms. The first kappa shape index (κ1) is 28.4. The molecule has 1 aliphatic rings. The average Bonchev–Trinajstić information content (AvgIpc) is 3.31. The number of halogens is 2. The van der Waals surface area contributed by atoms with Gasteiger partial charge in [0.2, 0.25) is 5.91 Å². The Kier molecular flexibility index (Phi) is 8.81. The van der Waals surface area contributed by atoms with Crippen LogP contribution in [0.3, 0.4) is 0 Å². The smallest absolute Gasteiger partial charge is 0.267 e. The number of piperidine rings is 1. The Bertz CT molecular complexity index is 1440. The van der Waals surface area contributed by atoms with Crippen LogP contribution in [-0.2, 0) is 18.4 Å². The van der Waals surface area contributed by atoms with E-state index in [2.05, 4.69) is 10.3 Å². The number of benzene rings is 1. The monoisotopic (exact) mass is 559 g/mol. The molecule has 1 saturated heterocycles. The summed E-state index contributed by atoms with van der Waals surface area (Å²) < 4.78 is 15.5. The maximum Gasteiger partial charge on any atom is 0.267 e. The second kappa shape index (κ2) is 12.1. The summed E-state index contributed by atoms with van der Waals surface area (Å²) in [6.45, 7) is 0.0804. The third-order valence-corrected chi connectivity index (χ3v) is 7.32. The van der Waals surface area contributed by atoms with Gasteiger partial charge < -0.3 is 19.9 Å². The number of Topliss-reactive ketones (excluding diaryl/α,β-unsaturated/α-hetero) is 1. The van der Waals surface area contributed by atoms with Gasteiger partial charge in [0.05, 0.1) is 29.4 Å². The number of fused-ring (bicyclic) bond motifs is 1. The number of aromatic nitrogens is 3. The van der Waals surface area contributed by atoms with Crippen LogP contribution >= 0.6 is 11.6 Å². The molecule has 0 radical (unpaired) electrons. The van der Waals surface area contributed by atoms with Crippen molar-refractivity contribution in [1.82, 2.24) is 24.3 Å². The quantitative estimate of drug-likeness (QED) is 0.290. The van der Waals surface area contributed by atoms with Crippen LogP contribution in [0, 0.1) is 0 Å². The van der Waals surface area contributed by atoms with Gasteiger partial charge in [-0.25, -0.2) is 9.37 Å². The molecule has 10 nitrogen and oxygen atoms in total. The third-order valence-electron chi connectivity index (χ3n) is 7.08. The molecule has 0 bridgehead atoms. The first-order valence-corrected chi connectivity index (χ1v) is 13.2. The topological polar surface area (TPSA) is 127 Å². The summed E-state index contributed by atoms with van der Waals surface area (Å²) in [6.07, 6.45) is 4.97. The Labute approximate surface area is 229 Å². The van der Waals surface area contributed by atoms with E-state index < -0.39 is 18.1 Å². The zero-order chi connectivity index (χ0) is 28.2. The third kappa shape index (κ3) is 6.72. The lowest BCUT2D eigenvalue weighted by Gasteiger charge is -2.38. The van der Waals surface area contributed by atoms with Crippen molar-refractivity contribution in [3.63, 3.8) is 0 Å². The number of carbonyl (C=O) groups is 3. The van der Waals surface area contributed by atoms with Crippen LogP contribution in [0.15, 0.2) is 41.6 Å². The highest BCUT2D eigenvalue weighted by Gasteiger charge is 2.34. The van der Waals surface area contributed by atoms with Gasteiger partial charge >= 0.3 is 0 Å². The number of amides is 2. The minimum atomic E-state index is -1.13. The maximum atomic E-state index is 12.8. The highest BCUT2D eigenvalue weighted by molar-refractivity contribution is 6.31. The molecule has 4 rings (SSSR count). The van der Waals surface area contributed by atoms with Crippen molar-refractivity contribution >= 4 is 40.1 Å². The number of carbonyl (C=O) groups excluding carboxylic acids is 3. The first-order chi connectivity index (χ1) is 18.6. The SMILES string of the molecule is Cn1cc(C(=O)CF)cc1C(=O)NCCCCC(=O)N1CCC(O)(Cn2cnc3cc(Cl)ccc3c2=O)CC1. The van der Waals surface area contributed by atoms with E-state index >= 15 is 0 Å². The Hall–Kier alpha value is -3.57. The molecule has 1 aromatic carbocycles. The number of alkyl halides is 1. The molecular weight excluding hydrogens is 529 g/mol. The normalized spacial score (nSPS) is 14.9. The van der Waals surface area contributed by atoms with Crippen molar-refractivity contribution in [2.45, 2.75) is 44.2 Å². The van der Waals surface area contributed by atoms with Gasteiger partial charge in [0.25, 0.3) is 11.5 Å². The molecule has 1 aliphatic heterocycles. The average molecular weight is 560 g/mol. The fraction of sp³-hybridized carbons (Fsp3) is 0.444. The Balaban J connectivity index is 1.20. The zero-order valence-corrected chi connectivity index (χ0v) is 22.4. The lowest BCUT2D eigenvalue weighted by molar-refractivity contribution is -0.136. The van der Waals surface area contributed by atoms with Gasteiger partial charge in [-0.05, 0) is 49.9 Å². The fourth-order valence-electron chi connectivity index (χ4n) is 4.76. The van der Waals surface area contributed by atoms with Crippen molar-refractivity contribution in [1.29, 1.82) is 0 Å². The molecule has 3 aromatic rings. The van der Waals surface area contributed by atoms with E-state index in [1.807, 2.05) is 0 Å². The second-order valence-electron chi connectivity index (χ2n) is 9.94. The Morgan fingerprint density at radius 1 is 1.18 bits per heavy atom. The lowest BCUT2D eigenvalue weighted by atomic mass is 9.91. The molecule has 3 heterocycles. The summed E-state index contributed by atoms with van der Waals surface area (Å²) in [7, 11) is 1.61. The summed E-state index contributed by atoms with van der Waals surface area (Å²) in [5.74, 6) is -1.08. The number of unbranched alkanes of at least 4 members (excludes halogenated alkanes) is 1. The number of hydrogen-bond donors (Lipinski definition) is 2. The molecule has 0 saturated carbocycles. The molecule has 0 atom stereocenters. The number of aryl methyl sites for hydroxylation is 1. The van der Waals surface area contributed by atoms with E-state index in [4.69, 9.17) is 11.6 Å². The van der Waals surface area contributed by atoms with Crippen LogP contribution in [0.25, 0.3) is 10.9 Å². The summed E-state index contributed by atoms with van der Waals surface area (Å²) in [5, 5.41) is 14.8. The number of ketones is 1. The molecule has 2 amide bonds. The fourth-order valence-corrected chi connectivity index (χ4v) is 4.93. The summed E-state index contributed by atoms with van der Waals surface area (Å²) in [4.78, 5) is 55.3. The molecule has 1 fully saturated rings. The maximum absolute atomic E-state index is 12.8. The molecule has 0 spiro atoms. The highest BCUT2D eigenvalue weighted by atomic mass is 35.5. The zero-order valence-electron chi connectivity index (χ0n) is 21.7. The van der Waals surface area contributed by atoms with Crippen molar-refractivity contribution in [3.05, 3.63) is 63.4 Å². The summed E-state index contributed by atoms with van der Waals surface area (Å²) in [6, 6.07) is 6.23. The van der Waals surface area contributed by atoms with E-state index in [1.165, 1.54) is 27.7 Å². The molecule has 0 aliphatic carbocycles. The van der Waals surface area contributed by atoms with Gasteiger partial charge in [0, 0.05) is 49.9 Å². The van der Waals surface area contributed by atoms with Gasteiger partial charge in [0.15, 0.2) is 12.5 Å². The standard InChI is InChI=1S/C27H31ClFN5O5/c1-32-15-18(23(35)14-29)12-22(32)25(37)30-9-3-2-4-24(36)33-10-7-27(39,8-11-33)16-34-17-31-21-13-19(28)5-6-20(21)26(34)38/h5-6,12-13,15,17,39H,2-4,7-11,14,16H2,1H3,(H,30,37). The van der Waals surface area contributed by atoms with Gasteiger partial charge in [-0.3, -0.25) is 23.7 Å². The van der Waals surface area contributed by atoms with Gasteiger partial charge in [-0.15, -0.1) is 0 Å². The number of nitrogens with zero attached hydrogens (tertiary/aromatic N) is 4. The summed E-state index contributed by atoms with van der Waals surface area (Å²) in [5.41, 5.74) is -0.477. The van der Waals surface area contributed by atoms with Gasteiger partial charge in [0.1, 0.15) is 5.69 Å². The molecule has 2 aromatic heterocycles. The van der Waals surface area contributed by atoms with Gasteiger partial charge in [-0.2, -0.15) is 0 Å². The predicted octanol–water partition coefficient (Wildman–Crippen LogP) is 2.49. The Morgan fingerprint density at radius 3 is 2.64 bits per heavy atom. The van der Waals surface area contributed by atoms with Crippen molar-refractivity contribution in [2.24, 2.45) is 7.05 Å². The van der Waals surface area contributed by atoms with Crippen molar-refractivity contribution in [3.8, 4) is 0 Å². The minimum Gasteiger partial charge on any atom is -0.388 e. The highest BCUT2D eigenvalue weighted by Crippen LogP contribution is 2.25. The Morgan fingerprint density at radius 2 is 1.92 bits per heavy atom. The van der Waals surface area contributed by atoms with E-state index in [1.54, 1.807) is 30.1 Å². The van der Waals surface area contributed by atoms with Crippen LogP contribution in [0.4, 0.5) is 4.39 Å². The predicted molar refractivity (Wildman–Crippen MR) is 144 cm³/mol. The first-order valence-electron chi connectivity index (χ1n) is 12.8. The van der Waals surface area contributed by atoms with Crippen LogP contribution < -0.4 is 10.9 Å². The molecular formula is C27H31ClFN5O5. The van der Waals surface area contributed by atoms with Crippen molar-refractivity contribution < 1.29 is 23.9 Å². The molecule has 39 heavy (non-hydrogen) atoms. The second-order valence-corrected chi connectivity index (χ2v) is 10.4. The number of likely N-dealkylation sites (tertiary alicyclic amines) is 1. The van der Waals surface area contributed by atoms with Crippen molar-refractivity contribution in [2.75, 3.05) is 26.3 Å². The number of rotatable bonds is 10. The van der Waals surface area contributed by atoms with Crippen LogP contribution in [0.5, 0.6) is 0 Å². The molecule has 2 N–H and O–H groups in total.